The number of carboxylic acid groups (broad SMARTS) is 1. The van der Waals surface area contributed by atoms with Crippen LogP contribution in [-0.2, 0) is 0 Å². The number of hydrogen-bond acceptors (Lipinski definition) is 5. The number of carboxylic acids is 1. The van der Waals surface area contributed by atoms with Crippen molar-refractivity contribution in [1.82, 2.24) is 20.2 Å². The van der Waals surface area contributed by atoms with Gasteiger partial charge < -0.3 is 10.4 Å². The molecule has 3 N–H and O–H groups in total. The third kappa shape index (κ3) is 2.14. The van der Waals surface area contributed by atoms with Gasteiger partial charge in [-0.25, -0.2) is 14.8 Å². The number of aromatic nitrogens is 4. The van der Waals surface area contributed by atoms with E-state index in [0.717, 1.165) is 5.69 Å². The van der Waals surface area contributed by atoms with Crippen LogP contribution < -0.4 is 5.32 Å². The average molecular weight is 219 g/mol. The Morgan fingerprint density at radius 2 is 2.31 bits per heavy atom. The van der Waals surface area contributed by atoms with Crippen molar-refractivity contribution in [1.29, 1.82) is 0 Å². The first-order chi connectivity index (χ1) is 7.65. The molecule has 16 heavy (non-hydrogen) atoms. The molecule has 0 unspecified atom stereocenters. The Morgan fingerprint density at radius 1 is 1.50 bits per heavy atom. The molecule has 0 aliphatic rings. The number of carbonyl (C=O) groups is 1. The van der Waals surface area contributed by atoms with Crippen molar-refractivity contribution < 1.29 is 9.90 Å². The minimum atomic E-state index is -1.16. The Labute approximate surface area is 90.6 Å². The van der Waals surface area contributed by atoms with Crippen molar-refractivity contribution in [2.75, 3.05) is 5.32 Å². The summed E-state index contributed by atoms with van der Waals surface area (Å²) in [5.74, 6) is -0.453. The van der Waals surface area contributed by atoms with Gasteiger partial charge in [0.25, 0.3) is 0 Å². The molecule has 0 fully saturated rings. The van der Waals surface area contributed by atoms with E-state index in [4.69, 9.17) is 5.11 Å². The van der Waals surface area contributed by atoms with Gasteiger partial charge in [0, 0.05) is 18.0 Å². The van der Waals surface area contributed by atoms with Crippen LogP contribution in [0.1, 0.15) is 16.3 Å². The predicted octanol–water partition coefficient (Wildman–Crippen LogP) is 0.950. The summed E-state index contributed by atoms with van der Waals surface area (Å²) in [7, 11) is 0. The van der Waals surface area contributed by atoms with Crippen LogP contribution in [0.3, 0.4) is 0 Å². The number of anilines is 2. The molecule has 0 amide bonds. The van der Waals surface area contributed by atoms with Gasteiger partial charge in [-0.2, -0.15) is 5.10 Å². The monoisotopic (exact) mass is 219 g/mol. The molecule has 0 saturated carbocycles. The van der Waals surface area contributed by atoms with Crippen LogP contribution >= 0.6 is 0 Å². The highest BCUT2D eigenvalue weighted by atomic mass is 16.4. The zero-order valence-corrected chi connectivity index (χ0v) is 8.43. The molecule has 7 nitrogen and oxygen atoms in total. The molecule has 7 heteroatoms. The second-order valence-electron chi connectivity index (χ2n) is 3.13. The van der Waals surface area contributed by atoms with E-state index in [2.05, 4.69) is 25.5 Å². The summed E-state index contributed by atoms with van der Waals surface area (Å²) in [6.07, 6.45) is 1.37. The molecular weight excluding hydrogens is 210 g/mol. The SMILES string of the molecule is Cc1cc(Nc2ccnc(C(=O)O)n2)n[nH]1. The Bertz CT molecular complexity index is 522. The molecule has 0 bridgehead atoms. The van der Waals surface area contributed by atoms with Crippen molar-refractivity contribution in [3.63, 3.8) is 0 Å². The third-order valence-corrected chi connectivity index (χ3v) is 1.81. The van der Waals surface area contributed by atoms with Gasteiger partial charge in [0.05, 0.1) is 0 Å². The van der Waals surface area contributed by atoms with Gasteiger partial charge in [0.1, 0.15) is 5.82 Å². The first-order valence-corrected chi connectivity index (χ1v) is 4.50. The summed E-state index contributed by atoms with van der Waals surface area (Å²) in [5, 5.41) is 18.3. The number of H-pyrrole nitrogens is 1. The van der Waals surface area contributed by atoms with Crippen LogP contribution in [0.15, 0.2) is 18.3 Å². The van der Waals surface area contributed by atoms with Crippen LogP contribution in [-0.4, -0.2) is 31.2 Å². The zero-order chi connectivity index (χ0) is 11.5. The molecule has 82 valence electrons. The van der Waals surface area contributed by atoms with Gasteiger partial charge in [-0.05, 0) is 13.0 Å². The maximum atomic E-state index is 10.6. The molecule has 0 aromatic carbocycles. The number of aryl methyl sites for hydroxylation is 1. The van der Waals surface area contributed by atoms with Crippen molar-refractivity contribution in [2.24, 2.45) is 0 Å². The van der Waals surface area contributed by atoms with Gasteiger partial charge in [-0.1, -0.05) is 0 Å². The number of rotatable bonds is 3. The largest absolute Gasteiger partial charge is 0.475 e. The molecule has 0 aliphatic carbocycles. The van der Waals surface area contributed by atoms with E-state index in [1.807, 2.05) is 6.92 Å². The number of hydrogen-bond donors (Lipinski definition) is 3. The highest BCUT2D eigenvalue weighted by Gasteiger charge is 2.07. The Morgan fingerprint density at radius 3 is 2.94 bits per heavy atom. The third-order valence-electron chi connectivity index (χ3n) is 1.81. The number of nitrogens with zero attached hydrogens (tertiary/aromatic N) is 3. The number of nitrogens with one attached hydrogen (secondary N) is 2. The molecule has 0 radical (unpaired) electrons. The van der Waals surface area contributed by atoms with E-state index in [1.54, 1.807) is 12.1 Å². The first-order valence-electron chi connectivity index (χ1n) is 4.50. The van der Waals surface area contributed by atoms with E-state index < -0.39 is 5.97 Å². The second-order valence-corrected chi connectivity index (χ2v) is 3.13. The summed E-state index contributed by atoms with van der Waals surface area (Å²) in [6.45, 7) is 1.86. The smallest absolute Gasteiger partial charge is 0.374 e. The van der Waals surface area contributed by atoms with Gasteiger partial charge in [-0.3, -0.25) is 5.10 Å². The van der Waals surface area contributed by atoms with E-state index in [-0.39, 0.29) is 5.82 Å². The molecule has 2 rings (SSSR count). The maximum Gasteiger partial charge on any atom is 0.374 e. The Kier molecular flexibility index (Phi) is 2.50. The summed E-state index contributed by atoms with van der Waals surface area (Å²) in [5.41, 5.74) is 0.898. The van der Waals surface area contributed by atoms with Crippen LogP contribution in [0, 0.1) is 6.92 Å². The van der Waals surface area contributed by atoms with Crippen molar-refractivity contribution in [3.05, 3.63) is 29.8 Å². The summed E-state index contributed by atoms with van der Waals surface area (Å²) in [4.78, 5) is 18.0. The summed E-state index contributed by atoms with van der Waals surface area (Å²) < 4.78 is 0. The fourth-order valence-electron chi connectivity index (χ4n) is 1.14. The van der Waals surface area contributed by atoms with Crippen LogP contribution in [0.4, 0.5) is 11.6 Å². The van der Waals surface area contributed by atoms with Crippen LogP contribution in [0.5, 0.6) is 0 Å². The van der Waals surface area contributed by atoms with Gasteiger partial charge >= 0.3 is 5.97 Å². The quantitative estimate of drug-likeness (QED) is 0.710. The maximum absolute atomic E-state index is 10.6. The minimum Gasteiger partial charge on any atom is -0.475 e. The van der Waals surface area contributed by atoms with E-state index in [1.165, 1.54) is 6.20 Å². The Hall–Kier alpha value is -2.44. The molecule has 0 aliphatic heterocycles. The lowest BCUT2D eigenvalue weighted by molar-refractivity contribution is 0.0683. The molecule has 2 aromatic heterocycles. The summed E-state index contributed by atoms with van der Waals surface area (Å²) >= 11 is 0. The zero-order valence-electron chi connectivity index (χ0n) is 8.43. The lowest BCUT2D eigenvalue weighted by Crippen LogP contribution is -2.05. The average Bonchev–Trinajstić information content (AvgIpc) is 2.64. The standard InChI is InChI=1S/C9H9N5O2/c1-5-4-7(14-13-5)11-6-2-3-10-8(12-6)9(15)16/h2-4H,1H3,(H,15,16)(H2,10,11,12,13,14). The minimum absolute atomic E-state index is 0.253. The van der Waals surface area contributed by atoms with E-state index >= 15 is 0 Å². The second kappa shape index (κ2) is 3.97. The van der Waals surface area contributed by atoms with E-state index in [9.17, 15) is 4.79 Å². The predicted molar refractivity (Wildman–Crippen MR) is 55.6 cm³/mol. The van der Waals surface area contributed by atoms with Gasteiger partial charge in [0.2, 0.25) is 5.82 Å². The molecule has 0 saturated heterocycles. The van der Waals surface area contributed by atoms with Crippen molar-refractivity contribution >= 4 is 17.6 Å². The highest BCUT2D eigenvalue weighted by Crippen LogP contribution is 2.11. The van der Waals surface area contributed by atoms with Crippen LogP contribution in [0.25, 0.3) is 0 Å². The molecule has 0 spiro atoms. The van der Waals surface area contributed by atoms with Gasteiger partial charge in [-0.15, -0.1) is 0 Å². The topological polar surface area (TPSA) is 104 Å². The van der Waals surface area contributed by atoms with Crippen molar-refractivity contribution in [3.8, 4) is 0 Å². The fraction of sp³-hybridized carbons (Fsp3) is 0.111. The molecule has 2 heterocycles. The number of aromatic carboxylic acids is 1. The summed E-state index contributed by atoms with van der Waals surface area (Å²) in [6, 6.07) is 3.35. The first kappa shape index (κ1) is 10.1. The van der Waals surface area contributed by atoms with Crippen molar-refractivity contribution in [2.45, 2.75) is 6.92 Å². The highest BCUT2D eigenvalue weighted by molar-refractivity contribution is 5.83. The molecule has 0 atom stereocenters. The van der Waals surface area contributed by atoms with Crippen LogP contribution in [0.2, 0.25) is 0 Å². The normalized spacial score (nSPS) is 10.1. The lowest BCUT2D eigenvalue weighted by Gasteiger charge is -2.01. The lowest BCUT2D eigenvalue weighted by atomic mass is 10.4. The van der Waals surface area contributed by atoms with E-state index in [0.29, 0.717) is 11.6 Å². The Balaban J connectivity index is 2.21. The number of aromatic amines is 1. The van der Waals surface area contributed by atoms with Gasteiger partial charge in [0.15, 0.2) is 5.82 Å². The molecular formula is C9H9N5O2. The molecule has 2 aromatic rings. The fourth-order valence-corrected chi connectivity index (χ4v) is 1.14.